The number of amides is 1. The largest absolute Gasteiger partial charge is 0.459 e. The van der Waals surface area contributed by atoms with Crippen molar-refractivity contribution in [3.63, 3.8) is 0 Å². The third-order valence-corrected chi connectivity index (χ3v) is 6.16. The van der Waals surface area contributed by atoms with E-state index in [1.807, 2.05) is 29.6 Å². The number of hydrogen-bond acceptors (Lipinski definition) is 6. The molecular formula is C26H25N3O4S. The van der Waals surface area contributed by atoms with E-state index in [0.29, 0.717) is 21.5 Å². The van der Waals surface area contributed by atoms with Crippen LogP contribution in [0.1, 0.15) is 36.7 Å². The Labute approximate surface area is 201 Å². The fraction of sp³-hybridized carbons (Fsp3) is 0.231. The van der Waals surface area contributed by atoms with Gasteiger partial charge in [-0.05, 0) is 49.6 Å². The summed E-state index contributed by atoms with van der Waals surface area (Å²) >= 11 is 1.40. The molecule has 0 unspecified atom stereocenters. The molecular weight excluding hydrogens is 450 g/mol. The predicted molar refractivity (Wildman–Crippen MR) is 134 cm³/mol. The summed E-state index contributed by atoms with van der Waals surface area (Å²) in [6.45, 7) is 5.43. The Morgan fingerprint density at radius 2 is 1.91 bits per heavy atom. The molecule has 0 aliphatic heterocycles. The third kappa shape index (κ3) is 5.07. The molecule has 7 nitrogen and oxygen atoms in total. The van der Waals surface area contributed by atoms with Crippen LogP contribution < -0.4 is 10.9 Å². The van der Waals surface area contributed by atoms with Crippen molar-refractivity contribution in [3.05, 3.63) is 81.7 Å². The zero-order chi connectivity index (χ0) is 24.2. The number of fused-ring (bicyclic) bond motifs is 1. The second-order valence-corrected chi connectivity index (χ2v) is 9.00. The highest BCUT2D eigenvalue weighted by Gasteiger charge is 2.16. The maximum atomic E-state index is 13.2. The molecule has 0 radical (unpaired) electrons. The van der Waals surface area contributed by atoms with E-state index in [1.54, 1.807) is 38.1 Å². The molecule has 0 aliphatic carbocycles. The molecule has 0 atom stereocenters. The Balaban J connectivity index is 1.55. The maximum Gasteiger partial charge on any atom is 0.338 e. The van der Waals surface area contributed by atoms with Crippen LogP contribution in [0.25, 0.3) is 21.3 Å². The van der Waals surface area contributed by atoms with E-state index in [0.717, 1.165) is 17.5 Å². The zero-order valence-corrected chi connectivity index (χ0v) is 20.0. The summed E-state index contributed by atoms with van der Waals surface area (Å²) < 4.78 is 6.49. The van der Waals surface area contributed by atoms with Crippen molar-refractivity contribution in [3.8, 4) is 11.1 Å². The predicted octanol–water partition coefficient (Wildman–Crippen LogP) is 4.89. The van der Waals surface area contributed by atoms with E-state index < -0.39 is 11.9 Å². The minimum Gasteiger partial charge on any atom is -0.459 e. The fourth-order valence-electron chi connectivity index (χ4n) is 3.57. The first-order valence-corrected chi connectivity index (χ1v) is 11.9. The number of ether oxygens (including phenoxy) is 1. The van der Waals surface area contributed by atoms with E-state index in [-0.39, 0.29) is 18.2 Å². The van der Waals surface area contributed by atoms with Gasteiger partial charge in [-0.15, -0.1) is 11.3 Å². The molecule has 2 aromatic carbocycles. The van der Waals surface area contributed by atoms with Crippen LogP contribution in [0, 0.1) is 0 Å². The standard InChI is InChI=1S/C26H25N3O4S/c1-4-17-8-10-18(11-9-17)21-14-34-24-23(21)25(31)29(15-27-24)13-22(30)28-20-7-5-6-19(12-20)26(32)33-16(2)3/h5-12,14-16H,4,13H2,1-3H3,(H,28,30). The number of hydrogen-bond donors (Lipinski definition) is 1. The molecule has 4 rings (SSSR count). The van der Waals surface area contributed by atoms with Gasteiger partial charge < -0.3 is 10.1 Å². The van der Waals surface area contributed by atoms with E-state index in [2.05, 4.69) is 17.2 Å². The average Bonchev–Trinajstić information content (AvgIpc) is 3.25. The lowest BCUT2D eigenvalue weighted by molar-refractivity contribution is -0.116. The van der Waals surface area contributed by atoms with Crippen molar-refractivity contribution in [1.29, 1.82) is 0 Å². The Bertz CT molecular complexity index is 1400. The minimum atomic E-state index is -0.464. The summed E-state index contributed by atoms with van der Waals surface area (Å²) in [5.41, 5.74) is 3.48. The molecule has 174 valence electrons. The molecule has 0 spiro atoms. The number of carbonyl (C=O) groups excluding carboxylic acids is 2. The van der Waals surface area contributed by atoms with Gasteiger partial charge in [0.1, 0.15) is 11.4 Å². The van der Waals surface area contributed by atoms with E-state index >= 15 is 0 Å². The molecule has 0 saturated heterocycles. The zero-order valence-electron chi connectivity index (χ0n) is 19.2. The van der Waals surface area contributed by atoms with Crippen molar-refractivity contribution in [2.45, 2.75) is 39.8 Å². The van der Waals surface area contributed by atoms with E-state index in [1.165, 1.54) is 27.8 Å². The molecule has 34 heavy (non-hydrogen) atoms. The number of aryl methyl sites for hydroxylation is 1. The normalized spacial score (nSPS) is 11.1. The highest BCUT2D eigenvalue weighted by atomic mass is 32.1. The van der Waals surface area contributed by atoms with Gasteiger partial charge in [0.2, 0.25) is 5.91 Å². The van der Waals surface area contributed by atoms with Crippen LogP contribution >= 0.6 is 11.3 Å². The molecule has 4 aromatic rings. The Morgan fingerprint density at radius 1 is 1.15 bits per heavy atom. The highest BCUT2D eigenvalue weighted by molar-refractivity contribution is 7.17. The number of nitrogens with zero attached hydrogens (tertiary/aromatic N) is 2. The number of thiophene rings is 1. The van der Waals surface area contributed by atoms with Gasteiger partial charge in [0.05, 0.1) is 23.4 Å². The van der Waals surface area contributed by atoms with Crippen LogP contribution in [-0.4, -0.2) is 27.5 Å². The summed E-state index contributed by atoms with van der Waals surface area (Å²) in [6.07, 6.45) is 2.09. The topological polar surface area (TPSA) is 90.3 Å². The second-order valence-electron chi connectivity index (χ2n) is 8.14. The van der Waals surface area contributed by atoms with Crippen molar-refractivity contribution in [2.24, 2.45) is 0 Å². The number of nitrogens with one attached hydrogen (secondary N) is 1. The summed E-state index contributed by atoms with van der Waals surface area (Å²) in [6, 6.07) is 14.6. The lowest BCUT2D eigenvalue weighted by Gasteiger charge is -2.10. The number of aromatic nitrogens is 2. The lowest BCUT2D eigenvalue weighted by Crippen LogP contribution is -2.27. The van der Waals surface area contributed by atoms with Crippen LogP contribution in [0.3, 0.4) is 0 Å². The van der Waals surface area contributed by atoms with Crippen molar-refractivity contribution in [2.75, 3.05) is 5.32 Å². The van der Waals surface area contributed by atoms with Gasteiger partial charge in [-0.1, -0.05) is 37.3 Å². The number of rotatable bonds is 7. The summed E-state index contributed by atoms with van der Waals surface area (Å²) in [5.74, 6) is -0.865. The highest BCUT2D eigenvalue weighted by Crippen LogP contribution is 2.30. The number of carbonyl (C=O) groups is 2. The van der Waals surface area contributed by atoms with Crippen molar-refractivity contribution >= 4 is 39.1 Å². The molecule has 8 heteroatoms. The molecule has 0 fully saturated rings. The fourth-order valence-corrected chi connectivity index (χ4v) is 4.48. The molecule has 0 saturated carbocycles. The summed E-state index contributed by atoms with van der Waals surface area (Å²) in [7, 11) is 0. The monoisotopic (exact) mass is 475 g/mol. The first kappa shape index (κ1) is 23.4. The molecule has 1 N–H and O–H groups in total. The van der Waals surface area contributed by atoms with E-state index in [4.69, 9.17) is 4.74 Å². The Kier molecular flexibility index (Phi) is 6.88. The van der Waals surface area contributed by atoms with Gasteiger partial charge in [-0.2, -0.15) is 0 Å². The van der Waals surface area contributed by atoms with Gasteiger partial charge in [0.15, 0.2) is 0 Å². The Morgan fingerprint density at radius 3 is 2.62 bits per heavy atom. The summed E-state index contributed by atoms with van der Waals surface area (Å²) in [4.78, 5) is 43.1. The first-order chi connectivity index (χ1) is 16.4. The Hall–Kier alpha value is -3.78. The molecule has 0 bridgehead atoms. The quantitative estimate of drug-likeness (QED) is 0.384. The van der Waals surface area contributed by atoms with Crippen molar-refractivity contribution < 1.29 is 14.3 Å². The van der Waals surface area contributed by atoms with Crippen molar-refractivity contribution in [1.82, 2.24) is 9.55 Å². The number of anilines is 1. The summed E-state index contributed by atoms with van der Waals surface area (Å²) in [5, 5.41) is 5.16. The average molecular weight is 476 g/mol. The van der Waals surface area contributed by atoms with Gasteiger partial charge in [-0.25, -0.2) is 9.78 Å². The molecule has 2 heterocycles. The van der Waals surface area contributed by atoms with Crippen LogP contribution in [0.5, 0.6) is 0 Å². The van der Waals surface area contributed by atoms with Gasteiger partial charge in [-0.3, -0.25) is 14.2 Å². The molecule has 2 aromatic heterocycles. The molecule has 1 amide bonds. The lowest BCUT2D eigenvalue weighted by atomic mass is 10.0. The van der Waals surface area contributed by atoms with Crippen LogP contribution in [-0.2, 0) is 22.5 Å². The minimum absolute atomic E-state index is 0.202. The maximum absolute atomic E-state index is 13.2. The van der Waals surface area contributed by atoms with E-state index in [9.17, 15) is 14.4 Å². The number of benzene rings is 2. The van der Waals surface area contributed by atoms with Gasteiger partial charge >= 0.3 is 5.97 Å². The molecule has 0 aliphatic rings. The smallest absolute Gasteiger partial charge is 0.338 e. The van der Waals surface area contributed by atoms with Crippen LogP contribution in [0.2, 0.25) is 0 Å². The van der Waals surface area contributed by atoms with Crippen LogP contribution in [0.15, 0.2) is 65.0 Å². The second kappa shape index (κ2) is 10.0. The SMILES string of the molecule is CCc1ccc(-c2csc3ncn(CC(=O)Nc4cccc(C(=O)OC(C)C)c4)c(=O)c23)cc1. The number of esters is 1. The van der Waals surface area contributed by atoms with Gasteiger partial charge in [0, 0.05) is 16.6 Å². The van der Waals surface area contributed by atoms with Crippen LogP contribution in [0.4, 0.5) is 5.69 Å². The third-order valence-electron chi connectivity index (χ3n) is 5.27. The van der Waals surface area contributed by atoms with Gasteiger partial charge in [0.25, 0.3) is 5.56 Å². The first-order valence-electron chi connectivity index (χ1n) is 11.0.